The van der Waals surface area contributed by atoms with Crippen molar-refractivity contribution in [1.29, 1.82) is 0 Å². The number of carbonyl (C=O) groups excluding carboxylic acids is 2. The Kier molecular flexibility index (Phi) is 4.58. The zero-order valence-corrected chi connectivity index (χ0v) is 14.5. The van der Waals surface area contributed by atoms with E-state index in [9.17, 15) is 9.59 Å². The van der Waals surface area contributed by atoms with E-state index in [1.54, 1.807) is 29.2 Å². The van der Waals surface area contributed by atoms with Gasteiger partial charge in [-0.25, -0.2) is 0 Å². The first-order valence-electron chi connectivity index (χ1n) is 7.88. The summed E-state index contributed by atoms with van der Waals surface area (Å²) in [5.41, 5.74) is 4.00. The van der Waals surface area contributed by atoms with Gasteiger partial charge in [-0.15, -0.1) is 0 Å². The number of halogens is 1. The number of aryl methyl sites for hydroxylation is 2. The number of nitrogens with zero attached hydrogens (tertiary/aromatic N) is 2. The van der Waals surface area contributed by atoms with E-state index in [1.807, 2.05) is 26.0 Å². The van der Waals surface area contributed by atoms with Crippen LogP contribution >= 0.6 is 11.6 Å². The fourth-order valence-corrected chi connectivity index (χ4v) is 3.08. The Labute approximate surface area is 146 Å². The highest BCUT2D eigenvalue weighted by Crippen LogP contribution is 2.23. The van der Waals surface area contributed by atoms with Crippen LogP contribution in [-0.2, 0) is 16.1 Å². The molecule has 1 saturated heterocycles. The number of benzene rings is 2. The van der Waals surface area contributed by atoms with Crippen LogP contribution in [0.1, 0.15) is 16.7 Å². The molecule has 2 amide bonds. The van der Waals surface area contributed by atoms with E-state index in [-0.39, 0.29) is 0 Å². The monoisotopic (exact) mass is 342 g/mol. The number of rotatable bonds is 3. The lowest BCUT2D eigenvalue weighted by Crippen LogP contribution is -2.54. The number of anilines is 1. The van der Waals surface area contributed by atoms with Crippen LogP contribution in [-0.4, -0.2) is 29.8 Å². The molecule has 0 N–H and O–H groups in total. The smallest absolute Gasteiger partial charge is 0.316 e. The minimum Gasteiger partial charge on any atom is -0.328 e. The van der Waals surface area contributed by atoms with Crippen LogP contribution in [0.15, 0.2) is 42.5 Å². The molecule has 0 saturated carbocycles. The molecule has 1 aliphatic heterocycles. The van der Waals surface area contributed by atoms with Crippen molar-refractivity contribution >= 4 is 29.1 Å². The van der Waals surface area contributed by atoms with E-state index >= 15 is 0 Å². The maximum Gasteiger partial charge on any atom is 0.316 e. The van der Waals surface area contributed by atoms with E-state index in [1.165, 1.54) is 4.90 Å². The molecule has 24 heavy (non-hydrogen) atoms. The molecule has 1 heterocycles. The van der Waals surface area contributed by atoms with Crippen LogP contribution in [0, 0.1) is 13.8 Å². The average molecular weight is 343 g/mol. The van der Waals surface area contributed by atoms with Crippen molar-refractivity contribution in [2.75, 3.05) is 18.0 Å². The molecule has 1 fully saturated rings. The van der Waals surface area contributed by atoms with Crippen LogP contribution in [0.5, 0.6) is 0 Å². The second-order valence-electron chi connectivity index (χ2n) is 6.09. The fourth-order valence-electron chi connectivity index (χ4n) is 2.89. The topological polar surface area (TPSA) is 40.6 Å². The lowest BCUT2D eigenvalue weighted by atomic mass is 10.0. The predicted molar refractivity (Wildman–Crippen MR) is 95.1 cm³/mol. The van der Waals surface area contributed by atoms with Gasteiger partial charge >= 0.3 is 11.8 Å². The van der Waals surface area contributed by atoms with Crippen molar-refractivity contribution < 1.29 is 9.59 Å². The van der Waals surface area contributed by atoms with Gasteiger partial charge in [0.15, 0.2) is 0 Å². The van der Waals surface area contributed by atoms with E-state index in [2.05, 4.69) is 6.07 Å². The molecule has 0 bridgehead atoms. The third kappa shape index (κ3) is 3.29. The van der Waals surface area contributed by atoms with Crippen molar-refractivity contribution in [3.05, 3.63) is 64.2 Å². The molecule has 0 spiro atoms. The third-order valence-corrected chi connectivity index (χ3v) is 4.53. The normalized spacial score (nSPS) is 15.1. The molecule has 2 aromatic carbocycles. The molecule has 0 aliphatic carbocycles. The molecule has 0 radical (unpaired) electrons. The van der Waals surface area contributed by atoms with Crippen molar-refractivity contribution in [3.8, 4) is 0 Å². The van der Waals surface area contributed by atoms with Gasteiger partial charge in [-0.2, -0.15) is 0 Å². The third-order valence-electron chi connectivity index (χ3n) is 4.29. The Bertz CT molecular complexity index is 804. The lowest BCUT2D eigenvalue weighted by Gasteiger charge is -2.34. The summed E-state index contributed by atoms with van der Waals surface area (Å²) in [7, 11) is 0. The summed E-state index contributed by atoms with van der Waals surface area (Å²) >= 11 is 5.98. The largest absolute Gasteiger partial charge is 0.328 e. The Hall–Kier alpha value is -2.33. The van der Waals surface area contributed by atoms with Crippen molar-refractivity contribution in [1.82, 2.24) is 4.90 Å². The summed E-state index contributed by atoms with van der Waals surface area (Å²) in [6.45, 7) is 5.47. The molecule has 5 heteroatoms. The van der Waals surface area contributed by atoms with E-state index < -0.39 is 11.8 Å². The molecule has 4 nitrogen and oxygen atoms in total. The van der Waals surface area contributed by atoms with Gasteiger partial charge in [0.2, 0.25) is 0 Å². The summed E-state index contributed by atoms with van der Waals surface area (Å²) in [6, 6.07) is 13.2. The highest BCUT2D eigenvalue weighted by molar-refractivity contribution is 6.41. The highest BCUT2D eigenvalue weighted by atomic mass is 35.5. The Balaban J connectivity index is 1.78. The van der Waals surface area contributed by atoms with Crippen LogP contribution in [0.2, 0.25) is 5.02 Å². The van der Waals surface area contributed by atoms with Gasteiger partial charge in [-0.1, -0.05) is 41.4 Å². The molecule has 1 aliphatic rings. The highest BCUT2D eigenvalue weighted by Gasteiger charge is 2.33. The van der Waals surface area contributed by atoms with Crippen LogP contribution in [0.25, 0.3) is 0 Å². The first kappa shape index (κ1) is 16.5. The van der Waals surface area contributed by atoms with Crippen molar-refractivity contribution in [2.24, 2.45) is 0 Å². The van der Waals surface area contributed by atoms with Gasteiger partial charge in [-0.3, -0.25) is 9.59 Å². The average Bonchev–Trinajstić information content (AvgIpc) is 2.55. The van der Waals surface area contributed by atoms with Crippen LogP contribution in [0.4, 0.5) is 5.69 Å². The molecule has 124 valence electrons. The second kappa shape index (κ2) is 6.65. The summed E-state index contributed by atoms with van der Waals surface area (Å²) in [5, 5.41) is 0.547. The molecule has 0 aromatic heterocycles. The molecular weight excluding hydrogens is 324 g/mol. The quantitative estimate of drug-likeness (QED) is 0.803. The number of amides is 2. The summed E-state index contributed by atoms with van der Waals surface area (Å²) in [6.07, 6.45) is 0. The maximum atomic E-state index is 12.5. The van der Waals surface area contributed by atoms with Gasteiger partial charge < -0.3 is 9.80 Å². The summed E-state index contributed by atoms with van der Waals surface area (Å²) < 4.78 is 0. The zero-order chi connectivity index (χ0) is 17.3. The molecule has 3 rings (SSSR count). The molecule has 0 atom stereocenters. The first-order chi connectivity index (χ1) is 11.5. The van der Waals surface area contributed by atoms with Gasteiger partial charge in [-0.05, 0) is 43.2 Å². The number of hydrogen-bond donors (Lipinski definition) is 0. The van der Waals surface area contributed by atoms with Gasteiger partial charge in [0.1, 0.15) is 0 Å². The number of carbonyl (C=O) groups is 2. The minimum atomic E-state index is -0.506. The van der Waals surface area contributed by atoms with Gasteiger partial charge in [0.25, 0.3) is 0 Å². The Morgan fingerprint density at radius 1 is 1.00 bits per heavy atom. The standard InChI is InChI=1S/C19H19ClN2O2/c1-13-6-7-14(2)15(10-13)12-21-8-9-22(19(24)18(21)23)17-5-3-4-16(20)11-17/h3-7,10-11H,8-9,12H2,1-2H3. The fraction of sp³-hybridized carbons (Fsp3) is 0.263. The molecule has 2 aromatic rings. The lowest BCUT2D eigenvalue weighted by molar-refractivity contribution is -0.146. The van der Waals surface area contributed by atoms with Crippen molar-refractivity contribution in [3.63, 3.8) is 0 Å². The number of hydrogen-bond acceptors (Lipinski definition) is 2. The predicted octanol–water partition coefficient (Wildman–Crippen LogP) is 3.33. The van der Waals surface area contributed by atoms with E-state index in [0.29, 0.717) is 30.3 Å². The van der Waals surface area contributed by atoms with E-state index in [4.69, 9.17) is 11.6 Å². The first-order valence-corrected chi connectivity index (χ1v) is 8.26. The minimum absolute atomic E-state index is 0.460. The Morgan fingerprint density at radius 2 is 1.79 bits per heavy atom. The SMILES string of the molecule is Cc1ccc(C)c(CN2CCN(c3cccc(Cl)c3)C(=O)C2=O)c1. The van der Waals surface area contributed by atoms with Crippen LogP contribution < -0.4 is 4.90 Å². The molecular formula is C19H19ClN2O2. The summed E-state index contributed by atoms with van der Waals surface area (Å²) in [4.78, 5) is 28.1. The number of piperazine rings is 1. The van der Waals surface area contributed by atoms with Crippen molar-refractivity contribution in [2.45, 2.75) is 20.4 Å². The van der Waals surface area contributed by atoms with Gasteiger partial charge in [0, 0.05) is 30.3 Å². The Morgan fingerprint density at radius 3 is 2.54 bits per heavy atom. The second-order valence-corrected chi connectivity index (χ2v) is 6.53. The maximum absolute atomic E-state index is 12.5. The van der Waals surface area contributed by atoms with E-state index in [0.717, 1.165) is 16.7 Å². The van der Waals surface area contributed by atoms with Gasteiger partial charge in [0.05, 0.1) is 0 Å². The molecule has 0 unspecified atom stereocenters. The zero-order valence-electron chi connectivity index (χ0n) is 13.8. The van der Waals surface area contributed by atoms with Crippen LogP contribution in [0.3, 0.4) is 0 Å². The summed E-state index contributed by atoms with van der Waals surface area (Å²) in [5.74, 6) is -0.976.